The van der Waals surface area contributed by atoms with E-state index in [4.69, 9.17) is 11.6 Å². The number of nitro groups is 1. The number of nitro benzene ring substituents is 1. The van der Waals surface area contributed by atoms with Gasteiger partial charge in [-0.25, -0.2) is 4.98 Å². The molecule has 1 heterocycles. The van der Waals surface area contributed by atoms with Crippen LogP contribution in [-0.4, -0.2) is 9.91 Å². The van der Waals surface area contributed by atoms with Gasteiger partial charge in [-0.05, 0) is 23.8 Å². The van der Waals surface area contributed by atoms with Gasteiger partial charge in [-0.15, -0.1) is 11.3 Å². The van der Waals surface area contributed by atoms with E-state index in [-0.39, 0.29) is 10.6 Å². The van der Waals surface area contributed by atoms with E-state index in [2.05, 4.69) is 4.98 Å². The van der Waals surface area contributed by atoms with Crippen molar-refractivity contribution in [2.45, 2.75) is 10.1 Å². The first-order valence-electron chi connectivity index (χ1n) is 6.04. The Morgan fingerprint density at radius 2 is 2.00 bits per heavy atom. The maximum atomic E-state index is 10.8. The Morgan fingerprint density at radius 3 is 2.71 bits per heavy atom. The zero-order chi connectivity index (χ0) is 14.8. The minimum atomic E-state index is -0.389. The van der Waals surface area contributed by atoms with Crippen LogP contribution in [0.2, 0.25) is 5.02 Å². The van der Waals surface area contributed by atoms with Gasteiger partial charge in [0.05, 0.1) is 15.1 Å². The number of benzene rings is 2. The van der Waals surface area contributed by atoms with Crippen molar-refractivity contribution in [3.8, 4) is 0 Å². The van der Waals surface area contributed by atoms with Gasteiger partial charge in [0.1, 0.15) is 0 Å². The van der Waals surface area contributed by atoms with Gasteiger partial charge in [-0.1, -0.05) is 35.5 Å². The van der Waals surface area contributed by atoms with Crippen molar-refractivity contribution in [2.75, 3.05) is 0 Å². The lowest BCUT2D eigenvalue weighted by Crippen LogP contribution is -1.85. The number of hydrogen-bond donors (Lipinski definition) is 0. The number of fused-ring (bicyclic) bond motifs is 1. The normalized spacial score (nSPS) is 10.9. The van der Waals surface area contributed by atoms with Crippen LogP contribution >= 0.6 is 34.7 Å². The number of non-ortho nitro benzene ring substituents is 1. The van der Waals surface area contributed by atoms with E-state index in [1.807, 2.05) is 24.3 Å². The lowest BCUT2D eigenvalue weighted by molar-refractivity contribution is -0.384. The predicted octanol–water partition coefficient (Wildman–Crippen LogP) is 5.15. The molecule has 0 N–H and O–H groups in total. The van der Waals surface area contributed by atoms with Crippen LogP contribution in [0.5, 0.6) is 0 Å². The van der Waals surface area contributed by atoms with Gasteiger partial charge in [-0.3, -0.25) is 10.1 Å². The van der Waals surface area contributed by atoms with Crippen molar-refractivity contribution in [2.24, 2.45) is 0 Å². The lowest BCUT2D eigenvalue weighted by atomic mass is 10.2. The fraction of sp³-hybridized carbons (Fsp3) is 0.0714. The average molecular weight is 337 g/mol. The first-order valence-corrected chi connectivity index (χ1v) is 8.22. The number of thiazole rings is 1. The van der Waals surface area contributed by atoms with Crippen molar-refractivity contribution in [3.05, 3.63) is 63.2 Å². The summed E-state index contributed by atoms with van der Waals surface area (Å²) in [4.78, 5) is 14.9. The van der Waals surface area contributed by atoms with Crippen LogP contribution in [0, 0.1) is 10.1 Å². The molecule has 2 aromatic carbocycles. The van der Waals surface area contributed by atoms with Crippen LogP contribution in [0.25, 0.3) is 10.2 Å². The summed E-state index contributed by atoms with van der Waals surface area (Å²) >= 11 is 8.94. The van der Waals surface area contributed by atoms with Crippen molar-refractivity contribution in [1.29, 1.82) is 0 Å². The SMILES string of the molecule is O=[N+]([O-])c1ccc2nc(SCc3ccc(Cl)cc3)sc2c1. The first-order chi connectivity index (χ1) is 10.1. The third-order valence-electron chi connectivity index (χ3n) is 2.84. The standard InChI is InChI=1S/C14H9ClN2O2S2/c15-10-3-1-9(2-4-10)8-20-14-16-12-6-5-11(17(18)19)7-13(12)21-14/h1-7H,8H2. The monoisotopic (exact) mass is 336 g/mol. The second kappa shape index (κ2) is 6.01. The number of thioether (sulfide) groups is 1. The molecule has 3 rings (SSSR count). The molecule has 4 nitrogen and oxygen atoms in total. The summed E-state index contributed by atoms with van der Waals surface area (Å²) in [5.74, 6) is 0.791. The number of rotatable bonds is 4. The summed E-state index contributed by atoms with van der Waals surface area (Å²) in [5, 5.41) is 11.5. The Morgan fingerprint density at radius 1 is 1.24 bits per heavy atom. The zero-order valence-corrected chi connectivity index (χ0v) is 13.0. The molecule has 7 heteroatoms. The third kappa shape index (κ3) is 3.34. The van der Waals surface area contributed by atoms with Crippen molar-refractivity contribution >= 4 is 50.6 Å². The van der Waals surface area contributed by atoms with Crippen LogP contribution in [0.15, 0.2) is 46.8 Å². The Labute approximate surface area is 133 Å². The quantitative estimate of drug-likeness (QED) is 0.375. The number of hydrogen-bond acceptors (Lipinski definition) is 5. The highest BCUT2D eigenvalue weighted by molar-refractivity contribution is 8.00. The van der Waals surface area contributed by atoms with E-state index in [0.29, 0.717) is 0 Å². The maximum absolute atomic E-state index is 10.8. The molecule has 0 fully saturated rings. The summed E-state index contributed by atoms with van der Waals surface area (Å²) in [6.45, 7) is 0. The fourth-order valence-corrected chi connectivity index (χ4v) is 3.98. The van der Waals surface area contributed by atoms with Gasteiger partial charge in [0, 0.05) is 22.9 Å². The molecule has 0 saturated carbocycles. The topological polar surface area (TPSA) is 56.0 Å². The Hall–Kier alpha value is -1.63. The summed E-state index contributed by atoms with van der Waals surface area (Å²) in [6.07, 6.45) is 0. The zero-order valence-electron chi connectivity index (χ0n) is 10.7. The van der Waals surface area contributed by atoms with Crippen molar-refractivity contribution < 1.29 is 4.92 Å². The molecule has 0 spiro atoms. The summed E-state index contributed by atoms with van der Waals surface area (Å²) in [5.41, 5.74) is 2.05. The molecule has 3 aromatic rings. The molecule has 0 radical (unpaired) electrons. The Balaban J connectivity index is 1.78. The summed E-state index contributed by atoms with van der Waals surface area (Å²) in [6, 6.07) is 12.4. The molecule has 0 bridgehead atoms. The van der Waals surface area contributed by atoms with Crippen LogP contribution in [0.1, 0.15) is 5.56 Å². The average Bonchev–Trinajstić information content (AvgIpc) is 2.88. The molecule has 0 saturated heterocycles. The van der Waals surface area contributed by atoms with Gasteiger partial charge in [0.2, 0.25) is 0 Å². The van der Waals surface area contributed by atoms with E-state index in [9.17, 15) is 10.1 Å². The molecule has 106 valence electrons. The molecule has 0 aliphatic heterocycles. The molecule has 0 aliphatic carbocycles. The van der Waals surface area contributed by atoms with Gasteiger partial charge in [0.15, 0.2) is 4.34 Å². The molecule has 0 atom stereocenters. The highest BCUT2D eigenvalue weighted by Crippen LogP contribution is 2.33. The van der Waals surface area contributed by atoms with Gasteiger partial charge in [-0.2, -0.15) is 0 Å². The molecule has 0 amide bonds. The summed E-state index contributed by atoms with van der Waals surface area (Å²) < 4.78 is 1.74. The van der Waals surface area contributed by atoms with Gasteiger partial charge in [0.25, 0.3) is 5.69 Å². The largest absolute Gasteiger partial charge is 0.270 e. The maximum Gasteiger partial charge on any atom is 0.270 e. The van der Waals surface area contributed by atoms with Crippen LogP contribution in [0.4, 0.5) is 5.69 Å². The van der Waals surface area contributed by atoms with Crippen LogP contribution < -0.4 is 0 Å². The first kappa shape index (κ1) is 14.3. The number of nitrogens with zero attached hydrogens (tertiary/aromatic N) is 2. The molecule has 0 unspecified atom stereocenters. The fourth-order valence-electron chi connectivity index (χ4n) is 1.79. The highest BCUT2D eigenvalue weighted by atomic mass is 35.5. The molecule has 1 aromatic heterocycles. The second-order valence-corrected chi connectivity index (χ2v) is 6.99. The third-order valence-corrected chi connectivity index (χ3v) is 5.32. The highest BCUT2D eigenvalue weighted by Gasteiger charge is 2.10. The van der Waals surface area contributed by atoms with Gasteiger partial charge >= 0.3 is 0 Å². The minimum absolute atomic E-state index is 0.0976. The lowest BCUT2D eigenvalue weighted by Gasteiger charge is -1.98. The minimum Gasteiger partial charge on any atom is -0.258 e. The van der Waals surface area contributed by atoms with E-state index < -0.39 is 0 Å². The van der Waals surface area contributed by atoms with Crippen molar-refractivity contribution in [1.82, 2.24) is 4.98 Å². The molecular formula is C14H9ClN2O2S2. The van der Waals surface area contributed by atoms with Gasteiger partial charge < -0.3 is 0 Å². The van der Waals surface area contributed by atoms with E-state index >= 15 is 0 Å². The van der Waals surface area contributed by atoms with E-state index in [1.54, 1.807) is 23.9 Å². The van der Waals surface area contributed by atoms with Crippen LogP contribution in [0.3, 0.4) is 0 Å². The number of halogens is 1. The van der Waals surface area contributed by atoms with Crippen LogP contribution in [-0.2, 0) is 5.75 Å². The Kier molecular flexibility index (Phi) is 4.10. The smallest absolute Gasteiger partial charge is 0.258 e. The molecular weight excluding hydrogens is 328 g/mol. The second-order valence-electron chi connectivity index (χ2n) is 4.30. The molecule has 0 aliphatic rings. The predicted molar refractivity (Wildman–Crippen MR) is 87.3 cm³/mol. The van der Waals surface area contributed by atoms with Crippen molar-refractivity contribution in [3.63, 3.8) is 0 Å². The Bertz CT molecular complexity index is 802. The van der Waals surface area contributed by atoms with E-state index in [1.165, 1.54) is 17.4 Å². The van der Waals surface area contributed by atoms with E-state index in [0.717, 1.165) is 30.9 Å². The number of aromatic nitrogens is 1. The molecule has 21 heavy (non-hydrogen) atoms. The summed E-state index contributed by atoms with van der Waals surface area (Å²) in [7, 11) is 0.